The average molecular weight is 307 g/mol. The van der Waals surface area contributed by atoms with E-state index in [0.717, 1.165) is 18.5 Å². The summed E-state index contributed by atoms with van der Waals surface area (Å²) in [6.45, 7) is 7.45. The molecule has 2 aromatic carbocycles. The molecule has 2 aromatic rings. The predicted octanol–water partition coefficient (Wildman–Crippen LogP) is 4.00. The van der Waals surface area contributed by atoms with Crippen molar-refractivity contribution >= 4 is 6.08 Å². The first-order valence-electron chi connectivity index (χ1n) is 8.30. The molecule has 0 fully saturated rings. The number of benzene rings is 2. The van der Waals surface area contributed by atoms with Crippen molar-refractivity contribution in [2.75, 3.05) is 6.54 Å². The van der Waals surface area contributed by atoms with Crippen molar-refractivity contribution in [2.45, 2.75) is 39.8 Å². The molecule has 0 bridgehead atoms. The second-order valence-electron chi connectivity index (χ2n) is 6.54. The van der Waals surface area contributed by atoms with E-state index >= 15 is 0 Å². The van der Waals surface area contributed by atoms with Gasteiger partial charge in [0, 0.05) is 6.54 Å². The fourth-order valence-corrected chi connectivity index (χ4v) is 3.29. The summed E-state index contributed by atoms with van der Waals surface area (Å²) >= 11 is 0. The van der Waals surface area contributed by atoms with Crippen molar-refractivity contribution in [2.24, 2.45) is 0 Å². The molecular formula is C21H25NO. The van der Waals surface area contributed by atoms with Crippen LogP contribution in [0, 0.1) is 20.8 Å². The minimum Gasteiger partial charge on any atom is -0.392 e. The lowest BCUT2D eigenvalue weighted by Gasteiger charge is -2.26. The molecule has 0 amide bonds. The Hall–Kier alpha value is -1.90. The molecule has 2 N–H and O–H groups in total. The molecule has 23 heavy (non-hydrogen) atoms. The highest BCUT2D eigenvalue weighted by atomic mass is 16.3. The Morgan fingerprint density at radius 3 is 2.74 bits per heavy atom. The molecule has 0 radical (unpaired) electrons. The predicted molar refractivity (Wildman–Crippen MR) is 96.5 cm³/mol. The molecule has 2 heteroatoms. The summed E-state index contributed by atoms with van der Waals surface area (Å²) in [5.74, 6) is 0. The van der Waals surface area contributed by atoms with Crippen molar-refractivity contribution in [3.8, 4) is 0 Å². The fourth-order valence-electron chi connectivity index (χ4n) is 3.29. The topological polar surface area (TPSA) is 32.3 Å². The standard InChI is InChI=1S/C21H25NO/c1-14-4-5-15(2)17(10-14)6-7-21-20-12-19(13-23)16(3)11-18(20)8-9-22-21/h4-7,10-12,21-23H,8-9,13H2,1-3H3/b7-6+. The third-order valence-corrected chi connectivity index (χ3v) is 4.76. The van der Waals surface area contributed by atoms with Crippen LogP contribution in [0.15, 0.2) is 36.4 Å². The second-order valence-corrected chi connectivity index (χ2v) is 6.54. The van der Waals surface area contributed by atoms with E-state index in [0.29, 0.717) is 0 Å². The van der Waals surface area contributed by atoms with Gasteiger partial charge in [-0.25, -0.2) is 0 Å². The van der Waals surface area contributed by atoms with Crippen molar-refractivity contribution in [3.63, 3.8) is 0 Å². The van der Waals surface area contributed by atoms with Gasteiger partial charge in [0.15, 0.2) is 0 Å². The van der Waals surface area contributed by atoms with Crippen molar-refractivity contribution in [1.82, 2.24) is 5.32 Å². The lowest BCUT2D eigenvalue weighted by atomic mass is 9.89. The SMILES string of the molecule is Cc1ccc(C)c(/C=C/C2NCCc3cc(C)c(CO)cc32)c1. The van der Waals surface area contributed by atoms with Gasteiger partial charge < -0.3 is 10.4 Å². The Balaban J connectivity index is 1.94. The molecule has 1 aliphatic rings. The Kier molecular flexibility index (Phi) is 4.65. The maximum atomic E-state index is 9.54. The summed E-state index contributed by atoms with van der Waals surface area (Å²) in [4.78, 5) is 0. The number of aryl methyl sites for hydroxylation is 3. The fraction of sp³-hybridized carbons (Fsp3) is 0.333. The van der Waals surface area contributed by atoms with Gasteiger partial charge in [-0.2, -0.15) is 0 Å². The number of nitrogens with one attached hydrogen (secondary N) is 1. The Bertz CT molecular complexity index is 746. The first kappa shape index (κ1) is 16.0. The monoisotopic (exact) mass is 307 g/mol. The summed E-state index contributed by atoms with van der Waals surface area (Å²) in [5.41, 5.74) is 8.76. The smallest absolute Gasteiger partial charge is 0.0684 e. The summed E-state index contributed by atoms with van der Waals surface area (Å²) < 4.78 is 0. The number of fused-ring (bicyclic) bond motifs is 1. The highest BCUT2D eigenvalue weighted by Crippen LogP contribution is 2.28. The molecule has 1 heterocycles. The van der Waals surface area contributed by atoms with Crippen LogP contribution in [0.5, 0.6) is 0 Å². The van der Waals surface area contributed by atoms with E-state index in [1.54, 1.807) is 0 Å². The van der Waals surface area contributed by atoms with Crippen molar-refractivity contribution < 1.29 is 5.11 Å². The van der Waals surface area contributed by atoms with Gasteiger partial charge in [-0.15, -0.1) is 0 Å². The average Bonchev–Trinajstić information content (AvgIpc) is 2.55. The zero-order valence-corrected chi connectivity index (χ0v) is 14.2. The molecule has 0 saturated heterocycles. The van der Waals surface area contributed by atoms with Gasteiger partial charge in [0.25, 0.3) is 0 Å². The quantitative estimate of drug-likeness (QED) is 0.898. The summed E-state index contributed by atoms with van der Waals surface area (Å²) in [7, 11) is 0. The first-order chi connectivity index (χ1) is 11.1. The zero-order valence-electron chi connectivity index (χ0n) is 14.2. The van der Waals surface area contributed by atoms with E-state index < -0.39 is 0 Å². The lowest BCUT2D eigenvalue weighted by Crippen LogP contribution is -2.28. The molecule has 3 rings (SSSR count). The molecule has 2 nitrogen and oxygen atoms in total. The molecule has 1 unspecified atom stereocenters. The van der Waals surface area contributed by atoms with Gasteiger partial charge in [0.1, 0.15) is 0 Å². The number of hydrogen-bond acceptors (Lipinski definition) is 2. The van der Waals surface area contributed by atoms with E-state index in [4.69, 9.17) is 0 Å². The van der Waals surface area contributed by atoms with E-state index in [9.17, 15) is 5.11 Å². The van der Waals surface area contributed by atoms with Crippen molar-refractivity contribution in [1.29, 1.82) is 0 Å². The Morgan fingerprint density at radius 1 is 1.13 bits per heavy atom. The van der Waals surface area contributed by atoms with Crippen LogP contribution in [0.3, 0.4) is 0 Å². The third-order valence-electron chi connectivity index (χ3n) is 4.76. The van der Waals surface area contributed by atoms with Crippen LogP contribution in [0.1, 0.15) is 45.0 Å². The van der Waals surface area contributed by atoms with Gasteiger partial charge in [0.2, 0.25) is 0 Å². The molecule has 1 atom stereocenters. The summed E-state index contributed by atoms with van der Waals surface area (Å²) in [6.07, 6.45) is 5.51. The van der Waals surface area contributed by atoms with E-state index in [-0.39, 0.29) is 12.6 Å². The maximum Gasteiger partial charge on any atom is 0.0684 e. The number of aliphatic hydroxyl groups excluding tert-OH is 1. The summed E-state index contributed by atoms with van der Waals surface area (Å²) in [6, 6.07) is 11.2. The molecule has 0 spiro atoms. The lowest BCUT2D eigenvalue weighted by molar-refractivity contribution is 0.280. The Labute approximate surface area is 138 Å². The van der Waals surface area contributed by atoms with Crippen LogP contribution in [0.25, 0.3) is 6.08 Å². The van der Waals surface area contributed by atoms with E-state index in [2.05, 4.69) is 68.6 Å². The van der Waals surface area contributed by atoms with Crippen LogP contribution in [-0.2, 0) is 13.0 Å². The first-order valence-corrected chi connectivity index (χ1v) is 8.30. The van der Waals surface area contributed by atoms with E-state index in [1.165, 1.54) is 33.4 Å². The van der Waals surface area contributed by atoms with Crippen molar-refractivity contribution in [3.05, 3.63) is 75.4 Å². The summed E-state index contributed by atoms with van der Waals surface area (Å²) in [5, 5.41) is 13.1. The number of aliphatic hydroxyl groups is 1. The largest absolute Gasteiger partial charge is 0.392 e. The van der Waals surface area contributed by atoms with Crippen LogP contribution < -0.4 is 5.32 Å². The van der Waals surface area contributed by atoms with Gasteiger partial charge in [-0.05, 0) is 60.6 Å². The minimum absolute atomic E-state index is 0.104. The number of hydrogen-bond donors (Lipinski definition) is 2. The molecule has 0 saturated carbocycles. The molecule has 120 valence electrons. The molecule has 0 aromatic heterocycles. The maximum absolute atomic E-state index is 9.54. The second kappa shape index (κ2) is 6.69. The highest BCUT2D eigenvalue weighted by molar-refractivity contribution is 5.56. The van der Waals surface area contributed by atoms with Crippen LogP contribution in [-0.4, -0.2) is 11.7 Å². The molecule has 0 aliphatic carbocycles. The zero-order chi connectivity index (χ0) is 16.4. The van der Waals surface area contributed by atoms with Gasteiger partial charge in [-0.3, -0.25) is 0 Å². The highest BCUT2D eigenvalue weighted by Gasteiger charge is 2.18. The number of rotatable bonds is 3. The van der Waals surface area contributed by atoms with E-state index in [1.807, 2.05) is 0 Å². The Morgan fingerprint density at radius 2 is 1.96 bits per heavy atom. The van der Waals surface area contributed by atoms with Crippen LogP contribution in [0.4, 0.5) is 0 Å². The van der Waals surface area contributed by atoms with Gasteiger partial charge >= 0.3 is 0 Å². The van der Waals surface area contributed by atoms with Crippen LogP contribution in [0.2, 0.25) is 0 Å². The molecule has 1 aliphatic heterocycles. The molecular weight excluding hydrogens is 282 g/mol. The van der Waals surface area contributed by atoms with Crippen LogP contribution >= 0.6 is 0 Å². The normalized spacial score (nSPS) is 17.5. The minimum atomic E-state index is 0.104. The van der Waals surface area contributed by atoms with Gasteiger partial charge in [0.05, 0.1) is 12.6 Å². The van der Waals surface area contributed by atoms with Gasteiger partial charge in [-0.1, -0.05) is 48.0 Å². The third kappa shape index (κ3) is 3.39.